The molecule has 39 heavy (non-hydrogen) atoms. The number of carbonyl (C=O) groups excluding carboxylic acids is 3. The molecule has 0 amide bonds. The first kappa shape index (κ1) is 32.5. The van der Waals surface area contributed by atoms with Gasteiger partial charge < -0.3 is 33.2 Å². The minimum Gasteiger partial charge on any atom is -0.493 e. The lowest BCUT2D eigenvalue weighted by Crippen LogP contribution is -2.45. The van der Waals surface area contributed by atoms with Crippen molar-refractivity contribution in [3.8, 4) is 11.5 Å². The van der Waals surface area contributed by atoms with Crippen LogP contribution in [0.2, 0.25) is 0 Å². The highest BCUT2D eigenvalue weighted by molar-refractivity contribution is 5.99. The zero-order chi connectivity index (χ0) is 28.9. The molecule has 1 aliphatic rings. The topological polar surface area (TPSA) is 129 Å². The van der Waals surface area contributed by atoms with Gasteiger partial charge in [-0.3, -0.25) is 14.4 Å². The molecule has 0 radical (unpaired) electrons. The number of Topliss-reactive ketones (excluding diaryl/α,β-unsaturated/α-hetero) is 1. The average molecular weight is 554 g/mol. The van der Waals surface area contributed by atoms with Crippen LogP contribution >= 0.6 is 0 Å². The molecule has 0 saturated carbocycles. The summed E-state index contributed by atoms with van der Waals surface area (Å²) in [4.78, 5) is 41.8. The highest BCUT2D eigenvalue weighted by Crippen LogP contribution is 2.31. The summed E-state index contributed by atoms with van der Waals surface area (Å²) in [6.45, 7) is 12.1. The SMILES string of the molecule is COc1ccnc(C(=O)C[C@H]2COCC[C@@H](OCC(C)C)[C@@H](OCC(C)C)[C@H](C)OC2=O)c1OCOC(C)=O. The van der Waals surface area contributed by atoms with Gasteiger partial charge in [0.05, 0.1) is 25.7 Å². The normalized spacial score (nSPS) is 22.3. The van der Waals surface area contributed by atoms with Crippen molar-refractivity contribution >= 4 is 17.7 Å². The quantitative estimate of drug-likeness (QED) is 0.202. The first-order valence-corrected chi connectivity index (χ1v) is 13.4. The fourth-order valence-corrected chi connectivity index (χ4v) is 3.91. The highest BCUT2D eigenvalue weighted by atomic mass is 16.7. The van der Waals surface area contributed by atoms with Crippen LogP contribution in [0.25, 0.3) is 0 Å². The van der Waals surface area contributed by atoms with E-state index in [2.05, 4.69) is 18.8 Å². The molecule has 2 rings (SSSR count). The second-order valence-corrected chi connectivity index (χ2v) is 10.4. The predicted octanol–water partition coefficient (Wildman–Crippen LogP) is 3.61. The molecule has 11 heteroatoms. The van der Waals surface area contributed by atoms with Gasteiger partial charge >= 0.3 is 11.9 Å². The molecule has 0 N–H and O–H groups in total. The average Bonchev–Trinajstić information content (AvgIpc) is 2.87. The van der Waals surface area contributed by atoms with Gasteiger partial charge in [-0.15, -0.1) is 0 Å². The monoisotopic (exact) mass is 553 g/mol. The zero-order valence-electron chi connectivity index (χ0n) is 24.1. The van der Waals surface area contributed by atoms with Gasteiger partial charge in [-0.25, -0.2) is 4.98 Å². The fourth-order valence-electron chi connectivity index (χ4n) is 3.91. The summed E-state index contributed by atoms with van der Waals surface area (Å²) >= 11 is 0. The lowest BCUT2D eigenvalue weighted by Gasteiger charge is -2.34. The number of ketones is 1. The molecule has 0 aliphatic carbocycles. The number of hydrogen-bond acceptors (Lipinski definition) is 11. The number of carbonyl (C=O) groups is 3. The second-order valence-electron chi connectivity index (χ2n) is 10.4. The Labute approximate surface area is 230 Å². The Kier molecular flexibility index (Phi) is 13.6. The Hall–Kier alpha value is -2.76. The number of pyridine rings is 1. The van der Waals surface area contributed by atoms with Gasteiger partial charge in [0.25, 0.3) is 0 Å². The molecule has 11 nitrogen and oxygen atoms in total. The van der Waals surface area contributed by atoms with E-state index in [1.54, 1.807) is 6.92 Å². The summed E-state index contributed by atoms with van der Waals surface area (Å²) in [6.07, 6.45) is 0.286. The third-order valence-electron chi connectivity index (χ3n) is 5.85. The number of methoxy groups -OCH3 is 1. The minimum atomic E-state index is -0.881. The molecular weight excluding hydrogens is 510 g/mol. The molecule has 1 saturated heterocycles. The van der Waals surface area contributed by atoms with Crippen LogP contribution in [-0.4, -0.2) is 81.3 Å². The molecular formula is C28H43NO10. The molecule has 0 unspecified atom stereocenters. The summed E-state index contributed by atoms with van der Waals surface area (Å²) in [5.74, 6) is -1.63. The van der Waals surface area contributed by atoms with E-state index in [0.717, 1.165) is 0 Å². The van der Waals surface area contributed by atoms with E-state index in [0.29, 0.717) is 32.2 Å². The van der Waals surface area contributed by atoms with Gasteiger partial charge in [0, 0.05) is 45.4 Å². The number of aromatic nitrogens is 1. The first-order valence-electron chi connectivity index (χ1n) is 13.4. The van der Waals surface area contributed by atoms with Crippen molar-refractivity contribution in [2.24, 2.45) is 17.8 Å². The van der Waals surface area contributed by atoms with Gasteiger partial charge in [-0.05, 0) is 25.2 Å². The molecule has 1 fully saturated rings. The van der Waals surface area contributed by atoms with Crippen LogP contribution in [0.15, 0.2) is 12.3 Å². The van der Waals surface area contributed by atoms with Crippen LogP contribution in [-0.2, 0) is 33.3 Å². The third-order valence-corrected chi connectivity index (χ3v) is 5.85. The number of cyclic esters (lactones) is 1. The summed E-state index contributed by atoms with van der Waals surface area (Å²) < 4.78 is 39.5. The maximum Gasteiger partial charge on any atom is 0.312 e. The molecule has 4 atom stereocenters. The highest BCUT2D eigenvalue weighted by Gasteiger charge is 2.36. The molecule has 1 aromatic rings. The van der Waals surface area contributed by atoms with Crippen molar-refractivity contribution in [1.29, 1.82) is 0 Å². The molecule has 2 heterocycles. The molecule has 0 aromatic carbocycles. The van der Waals surface area contributed by atoms with Crippen LogP contribution in [0.1, 0.15) is 64.9 Å². The lowest BCUT2D eigenvalue weighted by molar-refractivity contribution is -0.180. The maximum absolute atomic E-state index is 13.3. The van der Waals surface area contributed by atoms with E-state index < -0.39 is 42.6 Å². The molecule has 0 spiro atoms. The summed E-state index contributed by atoms with van der Waals surface area (Å²) in [5, 5.41) is 0. The van der Waals surface area contributed by atoms with E-state index in [1.807, 2.05) is 13.8 Å². The van der Waals surface area contributed by atoms with Crippen LogP contribution in [0.4, 0.5) is 0 Å². The van der Waals surface area contributed by atoms with E-state index in [9.17, 15) is 14.4 Å². The standard InChI is InChI=1S/C28H43NO10/c1-17(2)13-35-24-9-11-34-15-21(28(32)39-19(5)26(24)36-14-18(3)4)12-22(31)25-27(38-16-37-20(6)30)23(33-7)8-10-29-25/h8,10,17-19,21,24,26H,9,11-16H2,1-7H3/t19-,21-,24+,26-/m0/s1. The Morgan fingerprint density at radius 3 is 2.46 bits per heavy atom. The van der Waals surface area contributed by atoms with Crippen molar-refractivity contribution in [2.45, 2.75) is 72.7 Å². The first-order chi connectivity index (χ1) is 18.5. The Morgan fingerprint density at radius 1 is 1.13 bits per heavy atom. The van der Waals surface area contributed by atoms with Gasteiger partial charge in [0.1, 0.15) is 12.2 Å². The Balaban J connectivity index is 2.20. The van der Waals surface area contributed by atoms with Crippen LogP contribution in [0.3, 0.4) is 0 Å². The van der Waals surface area contributed by atoms with Crippen molar-refractivity contribution < 1.29 is 47.5 Å². The fraction of sp³-hybridized carbons (Fsp3) is 0.714. The summed E-state index contributed by atoms with van der Waals surface area (Å²) in [6, 6.07) is 1.51. The van der Waals surface area contributed by atoms with E-state index >= 15 is 0 Å². The summed E-state index contributed by atoms with van der Waals surface area (Å²) in [5.41, 5.74) is -0.0558. The number of rotatable bonds is 13. The van der Waals surface area contributed by atoms with Crippen LogP contribution in [0.5, 0.6) is 11.5 Å². The van der Waals surface area contributed by atoms with E-state index in [-0.39, 0.29) is 42.2 Å². The molecule has 0 bridgehead atoms. The van der Waals surface area contributed by atoms with Crippen molar-refractivity contribution in [1.82, 2.24) is 4.98 Å². The second kappa shape index (κ2) is 16.4. The van der Waals surface area contributed by atoms with Crippen LogP contribution in [0, 0.1) is 17.8 Å². The van der Waals surface area contributed by atoms with Gasteiger partial charge in [-0.2, -0.15) is 0 Å². The van der Waals surface area contributed by atoms with Crippen LogP contribution < -0.4 is 9.47 Å². The van der Waals surface area contributed by atoms with Crippen molar-refractivity contribution in [2.75, 3.05) is 40.3 Å². The van der Waals surface area contributed by atoms with Gasteiger partial charge in [0.2, 0.25) is 6.79 Å². The number of ether oxygens (including phenoxy) is 7. The van der Waals surface area contributed by atoms with Crippen molar-refractivity contribution in [3.63, 3.8) is 0 Å². The van der Waals surface area contributed by atoms with Crippen molar-refractivity contribution in [3.05, 3.63) is 18.0 Å². The zero-order valence-corrected chi connectivity index (χ0v) is 24.1. The van der Waals surface area contributed by atoms with Gasteiger partial charge in [0.15, 0.2) is 23.0 Å². The van der Waals surface area contributed by atoms with Gasteiger partial charge in [-0.1, -0.05) is 27.7 Å². The molecule has 1 aliphatic heterocycles. The molecule has 1 aromatic heterocycles. The van der Waals surface area contributed by atoms with E-state index in [1.165, 1.54) is 26.3 Å². The lowest BCUT2D eigenvalue weighted by atomic mass is 9.99. The number of hydrogen-bond donors (Lipinski definition) is 0. The molecule has 220 valence electrons. The Bertz CT molecular complexity index is 935. The smallest absolute Gasteiger partial charge is 0.312 e. The minimum absolute atomic E-state index is 0.0146. The maximum atomic E-state index is 13.3. The summed E-state index contributed by atoms with van der Waals surface area (Å²) in [7, 11) is 1.41. The Morgan fingerprint density at radius 2 is 1.82 bits per heavy atom. The predicted molar refractivity (Wildman–Crippen MR) is 141 cm³/mol. The number of nitrogens with zero attached hydrogens (tertiary/aromatic N) is 1. The largest absolute Gasteiger partial charge is 0.493 e. The third kappa shape index (κ3) is 10.7. The van der Waals surface area contributed by atoms with E-state index in [4.69, 9.17) is 33.2 Å². The number of esters is 2.